The molecule has 0 aliphatic heterocycles. The molecule has 1 heterocycles. The van der Waals surface area contributed by atoms with Crippen LogP contribution in [-0.4, -0.2) is 11.2 Å². The van der Waals surface area contributed by atoms with Crippen LogP contribution in [0.4, 0.5) is 24.1 Å². The van der Waals surface area contributed by atoms with Gasteiger partial charge in [-0.1, -0.05) is 0 Å². The lowest BCUT2D eigenvalue weighted by Gasteiger charge is -2.07. The number of benzene rings is 1. The molecule has 4 nitrogen and oxygen atoms in total. The summed E-state index contributed by atoms with van der Waals surface area (Å²) in [5.41, 5.74) is 7.68. The van der Waals surface area contributed by atoms with Crippen molar-refractivity contribution in [2.24, 2.45) is 5.10 Å². The smallest absolute Gasteiger partial charge is 0.383 e. The molecule has 0 aliphatic rings. The zero-order valence-electron chi connectivity index (χ0n) is 9.78. The number of hydrogen-bond donors (Lipinski definition) is 2. The fourth-order valence-corrected chi connectivity index (χ4v) is 2.59. The van der Waals surface area contributed by atoms with E-state index in [1.165, 1.54) is 17.6 Å². The van der Waals surface area contributed by atoms with E-state index < -0.39 is 11.7 Å². The first-order valence-corrected chi connectivity index (χ1v) is 7.18. The first-order chi connectivity index (χ1) is 9.34. The fourth-order valence-electron chi connectivity index (χ4n) is 1.35. The van der Waals surface area contributed by atoms with Crippen LogP contribution in [0.2, 0.25) is 0 Å². The molecule has 3 N–H and O–H groups in total. The van der Waals surface area contributed by atoms with Crippen LogP contribution in [0.1, 0.15) is 11.1 Å². The number of nitrogens with two attached hydrogens (primary N) is 1. The zero-order valence-corrected chi connectivity index (χ0v) is 12.8. The van der Waals surface area contributed by atoms with E-state index in [0.717, 1.165) is 12.1 Å². The van der Waals surface area contributed by atoms with Crippen LogP contribution in [0.15, 0.2) is 28.7 Å². The molecule has 106 valence electrons. The van der Waals surface area contributed by atoms with Gasteiger partial charge in [0, 0.05) is 8.95 Å². The van der Waals surface area contributed by atoms with Crippen molar-refractivity contribution in [3.05, 3.63) is 38.3 Å². The van der Waals surface area contributed by atoms with Crippen LogP contribution < -0.4 is 11.2 Å². The second kappa shape index (κ2) is 5.95. The van der Waals surface area contributed by atoms with Gasteiger partial charge in [-0.25, -0.2) is 4.98 Å². The van der Waals surface area contributed by atoms with Crippen molar-refractivity contribution in [2.75, 3.05) is 11.2 Å². The summed E-state index contributed by atoms with van der Waals surface area (Å²) in [6.07, 6.45) is -3.07. The first-order valence-electron chi connectivity index (χ1n) is 5.22. The second-order valence-electron chi connectivity index (χ2n) is 3.72. The van der Waals surface area contributed by atoms with Gasteiger partial charge in [0.1, 0.15) is 5.82 Å². The summed E-state index contributed by atoms with van der Waals surface area (Å²) in [7, 11) is 0. The summed E-state index contributed by atoms with van der Waals surface area (Å²) in [6.45, 7) is 0. The molecule has 0 unspecified atom stereocenters. The van der Waals surface area contributed by atoms with Crippen LogP contribution in [0.5, 0.6) is 0 Å². The lowest BCUT2D eigenvalue weighted by atomic mass is 10.1. The van der Waals surface area contributed by atoms with Gasteiger partial charge in [0.25, 0.3) is 0 Å². The molecule has 0 amide bonds. The molecular formula is C11H8F3IN4S. The van der Waals surface area contributed by atoms with Crippen molar-refractivity contribution < 1.29 is 13.2 Å². The predicted molar refractivity (Wildman–Crippen MR) is 81.9 cm³/mol. The number of nitrogens with one attached hydrogen (secondary N) is 1. The Hall–Kier alpha value is -1.36. The van der Waals surface area contributed by atoms with Crippen LogP contribution in [0, 0.1) is 3.57 Å². The van der Waals surface area contributed by atoms with Crippen molar-refractivity contribution in [3.8, 4) is 0 Å². The lowest BCUT2D eigenvalue weighted by Crippen LogP contribution is -2.06. The number of nitrogens with zero attached hydrogens (tertiary/aromatic N) is 2. The van der Waals surface area contributed by atoms with Gasteiger partial charge in [-0.05, 0) is 46.4 Å². The highest BCUT2D eigenvalue weighted by Gasteiger charge is 2.30. The summed E-state index contributed by atoms with van der Waals surface area (Å²) in [6, 6.07) is 3.70. The van der Waals surface area contributed by atoms with E-state index in [2.05, 4.69) is 15.5 Å². The molecule has 1 aromatic heterocycles. The number of thiazole rings is 1. The summed E-state index contributed by atoms with van der Waals surface area (Å²) in [4.78, 5) is 3.91. The molecule has 0 aliphatic carbocycles. The molecule has 0 radical (unpaired) electrons. The topological polar surface area (TPSA) is 63.3 Å². The summed E-state index contributed by atoms with van der Waals surface area (Å²) in [5, 5.41) is 5.94. The molecule has 0 atom stereocenters. The molecule has 1 aromatic carbocycles. The SMILES string of the molecule is Nc1csc(NN=Cc2cc(I)cc(C(F)(F)F)c2)n1. The Morgan fingerprint density at radius 1 is 1.35 bits per heavy atom. The molecule has 0 spiro atoms. The van der Waals surface area contributed by atoms with Crippen LogP contribution in [0.25, 0.3) is 0 Å². The largest absolute Gasteiger partial charge is 0.416 e. The molecule has 0 saturated heterocycles. The van der Waals surface area contributed by atoms with Crippen molar-refractivity contribution >= 4 is 51.1 Å². The monoisotopic (exact) mass is 412 g/mol. The minimum absolute atomic E-state index is 0.348. The maximum atomic E-state index is 12.7. The van der Waals surface area contributed by atoms with E-state index in [9.17, 15) is 13.2 Å². The van der Waals surface area contributed by atoms with E-state index in [1.54, 1.807) is 11.4 Å². The zero-order chi connectivity index (χ0) is 14.8. The maximum Gasteiger partial charge on any atom is 0.416 e. The highest BCUT2D eigenvalue weighted by molar-refractivity contribution is 14.1. The molecule has 0 fully saturated rings. The van der Waals surface area contributed by atoms with Crippen molar-refractivity contribution in [2.45, 2.75) is 6.18 Å². The third-order valence-electron chi connectivity index (χ3n) is 2.14. The Balaban J connectivity index is 2.15. The number of alkyl halides is 3. The van der Waals surface area contributed by atoms with Crippen molar-refractivity contribution in [1.82, 2.24) is 4.98 Å². The molecule has 9 heteroatoms. The van der Waals surface area contributed by atoms with Crippen molar-refractivity contribution in [1.29, 1.82) is 0 Å². The number of anilines is 2. The number of halogens is 4. The normalized spacial score (nSPS) is 12.0. The van der Waals surface area contributed by atoms with Gasteiger partial charge in [0.2, 0.25) is 5.13 Å². The van der Waals surface area contributed by atoms with Gasteiger partial charge < -0.3 is 5.73 Å². The van der Waals surface area contributed by atoms with Crippen LogP contribution in [0.3, 0.4) is 0 Å². The second-order valence-corrected chi connectivity index (χ2v) is 5.82. The lowest BCUT2D eigenvalue weighted by molar-refractivity contribution is -0.137. The van der Waals surface area contributed by atoms with Gasteiger partial charge in [-0.2, -0.15) is 18.3 Å². The Bertz CT molecular complexity index is 639. The highest BCUT2D eigenvalue weighted by Crippen LogP contribution is 2.30. The fraction of sp³-hybridized carbons (Fsp3) is 0.0909. The van der Waals surface area contributed by atoms with E-state index in [1.807, 2.05) is 22.6 Å². The molecule has 0 bridgehead atoms. The summed E-state index contributed by atoms with van der Waals surface area (Å²) < 4.78 is 38.4. The molecule has 2 aromatic rings. The van der Waals surface area contributed by atoms with E-state index in [4.69, 9.17) is 5.73 Å². The Morgan fingerprint density at radius 2 is 2.10 bits per heavy atom. The Morgan fingerprint density at radius 3 is 2.70 bits per heavy atom. The summed E-state index contributed by atoms with van der Waals surface area (Å²) >= 11 is 3.08. The highest BCUT2D eigenvalue weighted by atomic mass is 127. The van der Waals surface area contributed by atoms with Gasteiger partial charge in [0.15, 0.2) is 0 Å². The van der Waals surface area contributed by atoms with Gasteiger partial charge >= 0.3 is 6.18 Å². The minimum Gasteiger partial charge on any atom is -0.383 e. The maximum absolute atomic E-state index is 12.7. The van der Waals surface area contributed by atoms with Gasteiger partial charge in [-0.15, -0.1) is 11.3 Å². The van der Waals surface area contributed by atoms with E-state index in [-0.39, 0.29) is 0 Å². The number of rotatable bonds is 3. The van der Waals surface area contributed by atoms with Crippen LogP contribution in [-0.2, 0) is 6.18 Å². The van der Waals surface area contributed by atoms with Crippen molar-refractivity contribution in [3.63, 3.8) is 0 Å². The van der Waals surface area contributed by atoms with Gasteiger partial charge in [0.05, 0.1) is 11.8 Å². The molecule has 0 saturated carbocycles. The molecule has 20 heavy (non-hydrogen) atoms. The number of hydrogen-bond acceptors (Lipinski definition) is 5. The average Bonchev–Trinajstić information content (AvgIpc) is 2.73. The average molecular weight is 412 g/mol. The van der Waals surface area contributed by atoms with Gasteiger partial charge in [-0.3, -0.25) is 5.43 Å². The number of nitrogen functional groups attached to an aromatic ring is 1. The first kappa shape index (κ1) is 15.0. The standard InChI is InChI=1S/C11H8F3IN4S/c12-11(13,14)7-1-6(2-8(15)3-7)4-17-19-10-18-9(16)5-20-10/h1-5H,16H2,(H,18,19). The quantitative estimate of drug-likeness (QED) is 0.458. The molecule has 2 rings (SSSR count). The minimum atomic E-state index is -4.37. The predicted octanol–water partition coefficient (Wildman–Crippen LogP) is 3.79. The third kappa shape index (κ3) is 4.07. The number of aromatic nitrogens is 1. The molecular weight excluding hydrogens is 404 g/mol. The van der Waals surface area contributed by atoms with Crippen LogP contribution >= 0.6 is 33.9 Å². The number of hydrazone groups is 1. The van der Waals surface area contributed by atoms with E-state index in [0.29, 0.717) is 20.1 Å². The van der Waals surface area contributed by atoms with E-state index >= 15 is 0 Å². The summed E-state index contributed by atoms with van der Waals surface area (Å²) in [5.74, 6) is 0.362. The third-order valence-corrected chi connectivity index (χ3v) is 3.53. The Labute approximate surface area is 130 Å². The Kier molecular flexibility index (Phi) is 4.48.